The fourth-order valence-corrected chi connectivity index (χ4v) is 2.88. The topological polar surface area (TPSA) is 73.1 Å². The fourth-order valence-electron chi connectivity index (χ4n) is 2.13. The highest BCUT2D eigenvalue weighted by atomic mass is 32.1. The zero-order chi connectivity index (χ0) is 14.8. The van der Waals surface area contributed by atoms with E-state index in [4.69, 9.17) is 10.6 Å². The standard InChI is InChI=1S/C15H16N4OS/c1-9(2)10-5-3-4-6-12(10)20-13-11-7-8-21-14(11)18-15(17-13)19-16/h3-9H,16H2,1-2H3,(H,17,18,19). The lowest BCUT2D eigenvalue weighted by atomic mass is 10.0. The van der Waals surface area contributed by atoms with Gasteiger partial charge < -0.3 is 4.74 Å². The average Bonchev–Trinajstić information content (AvgIpc) is 2.96. The van der Waals surface area contributed by atoms with Crippen LogP contribution in [-0.4, -0.2) is 9.97 Å². The smallest absolute Gasteiger partial charge is 0.241 e. The third-order valence-electron chi connectivity index (χ3n) is 3.17. The van der Waals surface area contributed by atoms with Gasteiger partial charge in [-0.25, -0.2) is 10.8 Å². The minimum absolute atomic E-state index is 0.349. The molecule has 0 atom stereocenters. The number of nitrogens with one attached hydrogen (secondary N) is 1. The first-order valence-electron chi connectivity index (χ1n) is 6.67. The molecule has 1 aromatic carbocycles. The molecular formula is C15H16N4OS. The van der Waals surface area contributed by atoms with Crippen LogP contribution in [0.3, 0.4) is 0 Å². The minimum Gasteiger partial charge on any atom is -0.438 e. The summed E-state index contributed by atoms with van der Waals surface area (Å²) in [6.45, 7) is 4.27. The molecule has 0 unspecified atom stereocenters. The second-order valence-corrected chi connectivity index (χ2v) is 5.83. The Labute approximate surface area is 126 Å². The van der Waals surface area contributed by atoms with E-state index in [0.29, 0.717) is 17.7 Å². The second kappa shape index (κ2) is 5.67. The Morgan fingerprint density at radius 3 is 2.76 bits per heavy atom. The summed E-state index contributed by atoms with van der Waals surface area (Å²) in [5.74, 6) is 7.46. The predicted octanol–water partition coefficient (Wildman–Crippen LogP) is 3.89. The quantitative estimate of drug-likeness (QED) is 0.565. The molecule has 0 spiro atoms. The molecule has 0 aliphatic heterocycles. The van der Waals surface area contributed by atoms with Gasteiger partial charge in [0, 0.05) is 0 Å². The number of nitrogen functional groups attached to an aromatic ring is 1. The maximum atomic E-state index is 6.04. The van der Waals surface area contributed by atoms with Gasteiger partial charge in [0.05, 0.1) is 5.39 Å². The van der Waals surface area contributed by atoms with Crippen LogP contribution in [0.2, 0.25) is 0 Å². The number of hydrogen-bond acceptors (Lipinski definition) is 6. The zero-order valence-corrected chi connectivity index (χ0v) is 12.6. The van der Waals surface area contributed by atoms with Crippen LogP contribution >= 0.6 is 11.3 Å². The minimum atomic E-state index is 0.349. The number of anilines is 1. The van der Waals surface area contributed by atoms with E-state index in [9.17, 15) is 0 Å². The Bertz CT molecular complexity index is 769. The Balaban J connectivity index is 2.07. The van der Waals surface area contributed by atoms with Crippen molar-refractivity contribution < 1.29 is 4.74 Å². The number of aromatic nitrogens is 2. The first kappa shape index (κ1) is 13.8. The molecule has 3 rings (SSSR count). The first-order chi connectivity index (χ1) is 10.2. The molecule has 108 valence electrons. The van der Waals surface area contributed by atoms with E-state index < -0.39 is 0 Å². The molecule has 0 saturated carbocycles. The first-order valence-corrected chi connectivity index (χ1v) is 7.55. The summed E-state index contributed by atoms with van der Waals surface area (Å²) in [5.41, 5.74) is 3.62. The largest absolute Gasteiger partial charge is 0.438 e. The van der Waals surface area contributed by atoms with Gasteiger partial charge in [-0.05, 0) is 29.0 Å². The molecule has 0 saturated heterocycles. The van der Waals surface area contributed by atoms with Gasteiger partial charge in [-0.3, -0.25) is 5.43 Å². The summed E-state index contributed by atoms with van der Waals surface area (Å²) in [6, 6.07) is 9.93. The third-order valence-corrected chi connectivity index (χ3v) is 3.97. The van der Waals surface area contributed by atoms with Gasteiger partial charge in [-0.2, -0.15) is 4.98 Å². The molecule has 2 heterocycles. The molecule has 3 aromatic rings. The molecule has 0 aliphatic rings. The van der Waals surface area contributed by atoms with Gasteiger partial charge in [-0.15, -0.1) is 11.3 Å². The fraction of sp³-hybridized carbons (Fsp3) is 0.200. The van der Waals surface area contributed by atoms with Gasteiger partial charge in [-0.1, -0.05) is 32.0 Å². The van der Waals surface area contributed by atoms with Crippen molar-refractivity contribution in [2.45, 2.75) is 19.8 Å². The molecule has 0 radical (unpaired) electrons. The number of rotatable bonds is 4. The van der Waals surface area contributed by atoms with Crippen LogP contribution in [0.4, 0.5) is 5.95 Å². The van der Waals surface area contributed by atoms with E-state index in [-0.39, 0.29) is 0 Å². The summed E-state index contributed by atoms with van der Waals surface area (Å²) in [5, 5.41) is 2.85. The predicted molar refractivity (Wildman–Crippen MR) is 85.8 cm³/mol. The Morgan fingerprint density at radius 2 is 2.00 bits per heavy atom. The summed E-state index contributed by atoms with van der Waals surface area (Å²) < 4.78 is 6.04. The van der Waals surface area contributed by atoms with Gasteiger partial charge in [0.15, 0.2) is 0 Å². The number of hydrazine groups is 1. The van der Waals surface area contributed by atoms with Crippen LogP contribution in [0.15, 0.2) is 35.7 Å². The van der Waals surface area contributed by atoms with Crippen molar-refractivity contribution in [1.82, 2.24) is 9.97 Å². The number of fused-ring (bicyclic) bond motifs is 1. The third kappa shape index (κ3) is 2.68. The summed E-state index contributed by atoms with van der Waals surface area (Å²) in [6.07, 6.45) is 0. The van der Waals surface area contributed by atoms with Crippen molar-refractivity contribution in [3.8, 4) is 11.6 Å². The number of ether oxygens (including phenoxy) is 1. The monoisotopic (exact) mass is 300 g/mol. The molecule has 0 fully saturated rings. The van der Waals surface area contributed by atoms with E-state index in [1.54, 1.807) is 0 Å². The number of benzene rings is 1. The van der Waals surface area contributed by atoms with E-state index in [1.165, 1.54) is 11.3 Å². The number of para-hydroxylation sites is 1. The van der Waals surface area contributed by atoms with Crippen molar-refractivity contribution in [1.29, 1.82) is 0 Å². The second-order valence-electron chi connectivity index (χ2n) is 4.93. The van der Waals surface area contributed by atoms with Crippen LogP contribution in [0.25, 0.3) is 10.2 Å². The molecule has 0 bridgehead atoms. The highest BCUT2D eigenvalue weighted by Gasteiger charge is 2.13. The van der Waals surface area contributed by atoms with Crippen LogP contribution in [-0.2, 0) is 0 Å². The summed E-state index contributed by atoms with van der Waals surface area (Å²) >= 11 is 1.53. The lowest BCUT2D eigenvalue weighted by Crippen LogP contribution is -2.10. The maximum Gasteiger partial charge on any atom is 0.241 e. The van der Waals surface area contributed by atoms with Crippen LogP contribution < -0.4 is 16.0 Å². The Hall–Kier alpha value is -2.18. The summed E-state index contributed by atoms with van der Waals surface area (Å²) in [7, 11) is 0. The summed E-state index contributed by atoms with van der Waals surface area (Å²) in [4.78, 5) is 9.47. The van der Waals surface area contributed by atoms with Crippen molar-refractivity contribution in [2.24, 2.45) is 5.84 Å². The maximum absolute atomic E-state index is 6.04. The van der Waals surface area contributed by atoms with E-state index in [2.05, 4.69) is 35.3 Å². The van der Waals surface area contributed by atoms with Crippen LogP contribution in [0.5, 0.6) is 11.6 Å². The van der Waals surface area contributed by atoms with E-state index >= 15 is 0 Å². The van der Waals surface area contributed by atoms with Crippen LogP contribution in [0.1, 0.15) is 25.3 Å². The molecule has 0 amide bonds. The van der Waals surface area contributed by atoms with E-state index in [1.807, 2.05) is 29.6 Å². The number of nitrogens with two attached hydrogens (primary N) is 1. The molecule has 6 heteroatoms. The SMILES string of the molecule is CC(C)c1ccccc1Oc1nc(NN)nc2sccc12. The lowest BCUT2D eigenvalue weighted by molar-refractivity contribution is 0.460. The van der Waals surface area contributed by atoms with Crippen LogP contribution in [0, 0.1) is 0 Å². The molecule has 3 N–H and O–H groups in total. The van der Waals surface area contributed by atoms with Crippen molar-refractivity contribution in [3.05, 3.63) is 41.3 Å². The Kier molecular flexibility index (Phi) is 3.72. The lowest BCUT2D eigenvalue weighted by Gasteiger charge is -2.13. The van der Waals surface area contributed by atoms with Crippen molar-refractivity contribution in [2.75, 3.05) is 5.43 Å². The zero-order valence-electron chi connectivity index (χ0n) is 11.8. The molecule has 2 aromatic heterocycles. The number of nitrogens with zero attached hydrogens (tertiary/aromatic N) is 2. The molecule has 0 aliphatic carbocycles. The molecular weight excluding hydrogens is 284 g/mol. The van der Waals surface area contributed by atoms with Gasteiger partial charge >= 0.3 is 0 Å². The highest BCUT2D eigenvalue weighted by molar-refractivity contribution is 7.16. The van der Waals surface area contributed by atoms with Crippen molar-refractivity contribution in [3.63, 3.8) is 0 Å². The van der Waals surface area contributed by atoms with Gasteiger partial charge in [0.25, 0.3) is 0 Å². The Morgan fingerprint density at radius 1 is 1.19 bits per heavy atom. The van der Waals surface area contributed by atoms with Gasteiger partial charge in [0.2, 0.25) is 11.8 Å². The van der Waals surface area contributed by atoms with Gasteiger partial charge in [0.1, 0.15) is 10.6 Å². The number of hydrogen-bond donors (Lipinski definition) is 2. The average molecular weight is 300 g/mol. The normalized spacial score (nSPS) is 11.0. The van der Waals surface area contributed by atoms with E-state index in [0.717, 1.165) is 21.5 Å². The molecule has 21 heavy (non-hydrogen) atoms. The highest BCUT2D eigenvalue weighted by Crippen LogP contribution is 2.34. The number of thiophene rings is 1. The molecule has 5 nitrogen and oxygen atoms in total. The van der Waals surface area contributed by atoms with Crippen molar-refractivity contribution >= 4 is 27.5 Å².